The quantitative estimate of drug-likeness (QED) is 0.216. The smallest absolute Gasteiger partial charge is 0.340 e. The average Bonchev–Trinajstić information content (AvgIpc) is 2.79. The van der Waals surface area contributed by atoms with E-state index < -0.39 is 35.7 Å². The molecule has 0 saturated carbocycles. The van der Waals surface area contributed by atoms with Crippen LogP contribution in [-0.4, -0.2) is 73.8 Å². The van der Waals surface area contributed by atoms with Crippen LogP contribution in [0.25, 0.3) is 0 Å². The summed E-state index contributed by atoms with van der Waals surface area (Å²) in [4.78, 5) is 26.6. The number of aldehydes is 1. The van der Waals surface area contributed by atoms with Crippen LogP contribution in [0.1, 0.15) is 68.2 Å². The van der Waals surface area contributed by atoms with E-state index in [0.717, 1.165) is 12.7 Å². The fourth-order valence-electron chi connectivity index (χ4n) is 5.45. The van der Waals surface area contributed by atoms with Gasteiger partial charge < -0.3 is 33.4 Å². The Morgan fingerprint density at radius 3 is 2.44 bits per heavy atom. The highest BCUT2D eigenvalue weighted by molar-refractivity contribution is 5.89. The van der Waals surface area contributed by atoms with Crippen molar-refractivity contribution in [1.82, 2.24) is 4.90 Å². The van der Waals surface area contributed by atoms with Crippen LogP contribution in [0.2, 0.25) is 0 Å². The number of rotatable bonds is 12. The Bertz CT molecular complexity index is 823. The molecule has 1 saturated heterocycles. The highest BCUT2D eigenvalue weighted by Crippen LogP contribution is 2.41. The molecule has 2 aliphatic heterocycles. The molecule has 8 atom stereocenters. The first-order valence-corrected chi connectivity index (χ1v) is 13.0. The highest BCUT2D eigenvalue weighted by atomic mass is 16.7. The van der Waals surface area contributed by atoms with Gasteiger partial charge in [0.25, 0.3) is 0 Å². The van der Waals surface area contributed by atoms with Crippen molar-refractivity contribution < 1.29 is 33.3 Å². The second-order valence-corrected chi connectivity index (χ2v) is 11.4. The maximum atomic E-state index is 12.7. The average molecular weight is 510 g/mol. The largest absolute Gasteiger partial charge is 0.456 e. The van der Waals surface area contributed by atoms with Crippen LogP contribution in [0.5, 0.6) is 0 Å². The first kappa shape index (κ1) is 30.5. The van der Waals surface area contributed by atoms with Crippen LogP contribution in [-0.2, 0) is 33.3 Å². The van der Waals surface area contributed by atoms with Crippen molar-refractivity contribution in [3.8, 4) is 0 Å². The predicted molar refractivity (Wildman–Crippen MR) is 138 cm³/mol. The zero-order valence-electron chi connectivity index (χ0n) is 23.8. The Kier molecular flexibility index (Phi) is 10.3. The summed E-state index contributed by atoms with van der Waals surface area (Å²) in [6.07, 6.45) is 2.79. The van der Waals surface area contributed by atoms with Crippen molar-refractivity contribution in [3.05, 3.63) is 24.0 Å². The summed E-state index contributed by atoms with van der Waals surface area (Å²) < 4.78 is 31.1. The number of nitrogens with zero attached hydrogens (tertiary/aromatic N) is 1. The SMILES string of the molecule is C=CCO[C@](C)(C[C@@H](C)C=O)[C@H](O[C@@H]1O[C@H](C)CC(N(C)C)[C@H]1C)[C@@H](C)C1=C(C)C(=O)OC(C)(C)O1. The van der Waals surface area contributed by atoms with E-state index in [1.807, 2.05) is 20.8 Å². The predicted octanol–water partition coefficient (Wildman–Crippen LogP) is 4.48. The molecule has 8 nitrogen and oxygen atoms in total. The molecule has 0 bridgehead atoms. The van der Waals surface area contributed by atoms with Crippen molar-refractivity contribution >= 4 is 12.3 Å². The van der Waals surface area contributed by atoms with Crippen molar-refractivity contribution in [3.63, 3.8) is 0 Å². The van der Waals surface area contributed by atoms with E-state index in [2.05, 4.69) is 39.4 Å². The van der Waals surface area contributed by atoms with Crippen LogP contribution in [0, 0.1) is 17.8 Å². The van der Waals surface area contributed by atoms with Crippen molar-refractivity contribution in [2.45, 2.75) is 104 Å². The van der Waals surface area contributed by atoms with Gasteiger partial charge in [-0.1, -0.05) is 26.8 Å². The summed E-state index contributed by atoms with van der Waals surface area (Å²) in [5, 5.41) is 0. The topological polar surface area (TPSA) is 83.5 Å². The van der Waals surface area contributed by atoms with E-state index in [9.17, 15) is 9.59 Å². The molecule has 1 unspecified atom stereocenters. The minimum Gasteiger partial charge on any atom is -0.456 e. The molecular formula is C28H47NO7. The molecular weight excluding hydrogens is 462 g/mol. The van der Waals surface area contributed by atoms with Crippen molar-refractivity contribution in [1.29, 1.82) is 0 Å². The normalized spacial score (nSPS) is 30.6. The minimum absolute atomic E-state index is 0.00426. The third-order valence-electron chi connectivity index (χ3n) is 7.25. The lowest BCUT2D eigenvalue weighted by atomic mass is 9.80. The highest BCUT2D eigenvalue weighted by Gasteiger charge is 2.49. The Labute approximate surface area is 217 Å². The summed E-state index contributed by atoms with van der Waals surface area (Å²) in [5.74, 6) is -1.66. The molecule has 0 radical (unpaired) electrons. The second-order valence-electron chi connectivity index (χ2n) is 11.4. The van der Waals surface area contributed by atoms with E-state index >= 15 is 0 Å². The van der Waals surface area contributed by atoms with Crippen molar-refractivity contribution in [2.24, 2.45) is 17.8 Å². The molecule has 0 aromatic rings. The van der Waals surface area contributed by atoms with Crippen LogP contribution in [0.3, 0.4) is 0 Å². The van der Waals surface area contributed by atoms with Gasteiger partial charge in [-0.15, -0.1) is 6.58 Å². The Morgan fingerprint density at radius 2 is 1.89 bits per heavy atom. The number of cyclic esters (lactones) is 1. The summed E-state index contributed by atoms with van der Waals surface area (Å²) in [5.41, 5.74) is -0.518. The van der Waals surface area contributed by atoms with E-state index in [1.165, 1.54) is 0 Å². The van der Waals surface area contributed by atoms with Crippen LogP contribution in [0.15, 0.2) is 24.0 Å². The van der Waals surface area contributed by atoms with Gasteiger partial charge in [0.2, 0.25) is 5.79 Å². The first-order chi connectivity index (χ1) is 16.7. The lowest BCUT2D eigenvalue weighted by Crippen LogP contribution is -2.56. The lowest BCUT2D eigenvalue weighted by Gasteiger charge is -2.48. The summed E-state index contributed by atoms with van der Waals surface area (Å²) in [7, 11) is 4.13. The van der Waals surface area contributed by atoms with E-state index in [-0.39, 0.29) is 30.6 Å². The van der Waals surface area contributed by atoms with Gasteiger partial charge in [-0.3, -0.25) is 0 Å². The molecule has 0 N–H and O–H groups in total. The number of ether oxygens (including phenoxy) is 5. The zero-order chi connectivity index (χ0) is 27.4. The third kappa shape index (κ3) is 7.18. The van der Waals surface area contributed by atoms with Crippen LogP contribution >= 0.6 is 0 Å². The van der Waals surface area contributed by atoms with Gasteiger partial charge in [-0.05, 0) is 47.7 Å². The van der Waals surface area contributed by atoms with Gasteiger partial charge in [0.15, 0.2) is 6.29 Å². The fraction of sp³-hybridized carbons (Fsp3) is 0.786. The maximum absolute atomic E-state index is 12.7. The van der Waals surface area contributed by atoms with Crippen LogP contribution in [0.4, 0.5) is 0 Å². The lowest BCUT2D eigenvalue weighted by molar-refractivity contribution is -0.286. The number of carbonyl (C=O) groups excluding carboxylic acids is 2. The molecule has 1 fully saturated rings. The zero-order valence-corrected chi connectivity index (χ0v) is 23.8. The second kappa shape index (κ2) is 12.2. The molecule has 0 aliphatic carbocycles. The van der Waals surface area contributed by atoms with Gasteiger partial charge >= 0.3 is 5.97 Å². The Morgan fingerprint density at radius 1 is 1.25 bits per heavy atom. The molecule has 2 heterocycles. The molecule has 8 heteroatoms. The van der Waals surface area contributed by atoms with Gasteiger partial charge in [0, 0.05) is 37.6 Å². The van der Waals surface area contributed by atoms with Gasteiger partial charge in [0.05, 0.1) is 30.0 Å². The number of esters is 1. The summed E-state index contributed by atoms with van der Waals surface area (Å²) in [6, 6.07) is 0.268. The molecule has 36 heavy (non-hydrogen) atoms. The van der Waals surface area contributed by atoms with E-state index in [1.54, 1.807) is 26.8 Å². The molecule has 2 aliphatic rings. The standard InChI is InChI=1S/C28H47NO7/c1-12-13-32-28(9,15-17(2)16-30)24(20(5)23-21(6)25(31)36-27(7,8)35-23)34-26-19(4)22(29(10)11)14-18(3)33-26/h12,16-20,22,24,26H,1,13-15H2,2-11H3/t17-,18-,19-,20+,22?,24-,26+,28-/m1/s1. The third-order valence-corrected chi connectivity index (χ3v) is 7.25. The molecule has 0 spiro atoms. The Hall–Kier alpha value is -1.74. The monoisotopic (exact) mass is 509 g/mol. The molecule has 0 aromatic heterocycles. The fourth-order valence-corrected chi connectivity index (χ4v) is 5.45. The summed E-state index contributed by atoms with van der Waals surface area (Å²) >= 11 is 0. The maximum Gasteiger partial charge on any atom is 0.340 e. The Balaban J connectivity index is 2.57. The first-order valence-electron chi connectivity index (χ1n) is 13.0. The molecule has 206 valence electrons. The molecule has 2 rings (SSSR count). The minimum atomic E-state index is -1.11. The van der Waals surface area contributed by atoms with E-state index in [4.69, 9.17) is 23.7 Å². The van der Waals surface area contributed by atoms with Gasteiger partial charge in [0.1, 0.15) is 12.0 Å². The number of carbonyl (C=O) groups is 2. The van der Waals surface area contributed by atoms with Crippen molar-refractivity contribution in [2.75, 3.05) is 20.7 Å². The molecule has 0 aromatic carbocycles. The van der Waals surface area contributed by atoms with Gasteiger partial charge in [-0.25, -0.2) is 4.79 Å². The molecule has 0 amide bonds. The number of hydrogen-bond donors (Lipinski definition) is 0. The van der Waals surface area contributed by atoms with E-state index in [0.29, 0.717) is 17.8 Å². The van der Waals surface area contributed by atoms with Gasteiger partial charge in [-0.2, -0.15) is 0 Å². The van der Waals surface area contributed by atoms with Crippen LogP contribution < -0.4 is 0 Å². The summed E-state index contributed by atoms with van der Waals surface area (Å²) in [6.45, 7) is 19.1. The number of hydrogen-bond acceptors (Lipinski definition) is 8.